The summed E-state index contributed by atoms with van der Waals surface area (Å²) in [7, 11) is -3.61. The van der Waals surface area contributed by atoms with Crippen molar-refractivity contribution in [3.8, 4) is 5.75 Å². The second-order valence-electron chi connectivity index (χ2n) is 6.43. The van der Waals surface area contributed by atoms with Gasteiger partial charge in [-0.15, -0.1) is 0 Å². The Hall–Kier alpha value is -2.92. The third kappa shape index (κ3) is 6.06. The van der Waals surface area contributed by atoms with Gasteiger partial charge >= 0.3 is 10.1 Å². The van der Waals surface area contributed by atoms with Crippen LogP contribution in [-0.2, 0) is 10.1 Å². The molecular weight excluding hydrogens is 386 g/mol. The summed E-state index contributed by atoms with van der Waals surface area (Å²) in [6.45, 7) is 3.68. The number of hydrogen-bond donors (Lipinski definition) is 4. The van der Waals surface area contributed by atoms with Crippen LogP contribution in [0.25, 0.3) is 0 Å². The van der Waals surface area contributed by atoms with Gasteiger partial charge in [-0.2, -0.15) is 13.4 Å². The predicted molar refractivity (Wildman–Crippen MR) is 105 cm³/mol. The molecule has 0 aliphatic carbocycles. The second-order valence-corrected chi connectivity index (χ2v) is 8.01. The van der Waals surface area contributed by atoms with E-state index in [1.165, 1.54) is 18.3 Å². The number of carbonyl (C=O) groups excluding carboxylic acids is 1. The minimum atomic E-state index is -3.61. The van der Waals surface area contributed by atoms with Gasteiger partial charge in [0, 0.05) is 11.9 Å². The Bertz CT molecular complexity index is 931. The molecule has 2 aromatic rings. The average molecular weight is 409 g/mol. The third-order valence-electron chi connectivity index (χ3n) is 3.74. The first-order chi connectivity index (χ1) is 13.1. The van der Waals surface area contributed by atoms with Gasteiger partial charge in [0.2, 0.25) is 5.95 Å². The van der Waals surface area contributed by atoms with Crippen LogP contribution in [0, 0.1) is 5.92 Å². The largest absolute Gasteiger partial charge is 0.394 e. The van der Waals surface area contributed by atoms with Crippen LogP contribution in [0.1, 0.15) is 24.2 Å². The van der Waals surface area contributed by atoms with Crippen LogP contribution in [0.15, 0.2) is 30.5 Å². The first-order valence-corrected chi connectivity index (χ1v) is 10.2. The standard InChI is InChI=1S/C17H23N5O5S/c1-10(2)14(9-23)21-16-13(15(18)24)8-19-17(22-16)20-11-4-6-12(7-5-11)27-28(3,25)26/h4-8,10,14,23H,9H2,1-3H3,(H2,18,24)(H2,19,20,21,22). The van der Waals surface area contributed by atoms with Gasteiger partial charge in [0.15, 0.2) is 0 Å². The molecule has 0 spiro atoms. The number of nitrogens with two attached hydrogens (primary N) is 1. The zero-order valence-electron chi connectivity index (χ0n) is 15.7. The van der Waals surface area contributed by atoms with E-state index in [1.54, 1.807) is 12.1 Å². The van der Waals surface area contributed by atoms with E-state index in [0.29, 0.717) is 5.69 Å². The summed E-state index contributed by atoms with van der Waals surface area (Å²) in [5.74, 6) is -0.0566. The van der Waals surface area contributed by atoms with Gasteiger partial charge in [0.1, 0.15) is 11.6 Å². The number of anilines is 3. The Kier molecular flexibility index (Phi) is 6.75. The summed E-state index contributed by atoms with van der Waals surface area (Å²) >= 11 is 0. The zero-order valence-corrected chi connectivity index (χ0v) is 16.5. The third-order valence-corrected chi connectivity index (χ3v) is 4.23. The Morgan fingerprint density at radius 1 is 1.29 bits per heavy atom. The maximum atomic E-state index is 11.6. The van der Waals surface area contributed by atoms with Crippen molar-refractivity contribution in [1.29, 1.82) is 0 Å². The topological polar surface area (TPSA) is 157 Å². The first kappa shape index (κ1) is 21.4. The van der Waals surface area contributed by atoms with Crippen molar-refractivity contribution in [2.24, 2.45) is 11.7 Å². The monoisotopic (exact) mass is 409 g/mol. The molecule has 11 heteroatoms. The smallest absolute Gasteiger partial charge is 0.306 e. The van der Waals surface area contributed by atoms with Crippen molar-refractivity contribution >= 4 is 33.5 Å². The predicted octanol–water partition coefficient (Wildman–Crippen LogP) is 1.09. The fraction of sp³-hybridized carbons (Fsp3) is 0.353. The maximum absolute atomic E-state index is 11.6. The van der Waals surface area contributed by atoms with E-state index in [9.17, 15) is 18.3 Å². The molecule has 28 heavy (non-hydrogen) atoms. The number of hydrogen-bond acceptors (Lipinski definition) is 9. The molecule has 1 atom stereocenters. The van der Waals surface area contributed by atoms with Crippen molar-refractivity contribution in [2.75, 3.05) is 23.5 Å². The molecule has 0 fully saturated rings. The van der Waals surface area contributed by atoms with E-state index < -0.39 is 16.0 Å². The molecule has 152 valence electrons. The summed E-state index contributed by atoms with van der Waals surface area (Å²) in [5.41, 5.74) is 6.04. The van der Waals surface area contributed by atoms with E-state index >= 15 is 0 Å². The van der Waals surface area contributed by atoms with Gasteiger partial charge in [-0.05, 0) is 30.2 Å². The second kappa shape index (κ2) is 8.85. The number of benzene rings is 1. The fourth-order valence-electron chi connectivity index (χ4n) is 2.23. The Morgan fingerprint density at radius 3 is 2.43 bits per heavy atom. The molecule has 0 saturated heterocycles. The van der Waals surface area contributed by atoms with Crippen LogP contribution in [0.2, 0.25) is 0 Å². The quantitative estimate of drug-likeness (QED) is 0.445. The number of nitrogens with one attached hydrogen (secondary N) is 2. The van der Waals surface area contributed by atoms with Crippen molar-refractivity contribution in [3.05, 3.63) is 36.0 Å². The van der Waals surface area contributed by atoms with Crippen LogP contribution in [0.3, 0.4) is 0 Å². The molecule has 1 heterocycles. The molecule has 0 aliphatic heterocycles. The van der Waals surface area contributed by atoms with Crippen LogP contribution < -0.4 is 20.6 Å². The molecule has 10 nitrogen and oxygen atoms in total. The van der Waals surface area contributed by atoms with Crippen LogP contribution in [-0.4, -0.2) is 48.3 Å². The zero-order chi connectivity index (χ0) is 20.9. The molecule has 0 saturated carbocycles. The van der Waals surface area contributed by atoms with Gasteiger partial charge in [0.05, 0.1) is 24.5 Å². The van der Waals surface area contributed by atoms with Gasteiger partial charge in [-0.3, -0.25) is 4.79 Å². The molecule has 1 unspecified atom stereocenters. The van der Waals surface area contributed by atoms with E-state index in [2.05, 4.69) is 20.6 Å². The maximum Gasteiger partial charge on any atom is 0.306 e. The highest BCUT2D eigenvalue weighted by Gasteiger charge is 2.18. The van der Waals surface area contributed by atoms with Crippen LogP contribution in [0.4, 0.5) is 17.5 Å². The fourth-order valence-corrected chi connectivity index (χ4v) is 2.69. The number of aliphatic hydroxyl groups is 1. The Labute approximate surface area is 163 Å². The lowest BCUT2D eigenvalue weighted by molar-refractivity contribution is 0.1000. The summed E-state index contributed by atoms with van der Waals surface area (Å²) in [4.78, 5) is 20.0. The highest BCUT2D eigenvalue weighted by atomic mass is 32.2. The number of aromatic nitrogens is 2. The molecule has 0 bridgehead atoms. The molecule has 0 radical (unpaired) electrons. The average Bonchev–Trinajstić information content (AvgIpc) is 2.59. The molecule has 1 amide bonds. The van der Waals surface area contributed by atoms with E-state index in [-0.39, 0.29) is 41.6 Å². The van der Waals surface area contributed by atoms with E-state index in [4.69, 9.17) is 9.92 Å². The highest BCUT2D eigenvalue weighted by Crippen LogP contribution is 2.22. The lowest BCUT2D eigenvalue weighted by Gasteiger charge is -2.21. The summed E-state index contributed by atoms with van der Waals surface area (Å²) in [6.07, 6.45) is 2.24. The summed E-state index contributed by atoms with van der Waals surface area (Å²) in [6, 6.07) is 5.79. The molecular formula is C17H23N5O5S. The van der Waals surface area contributed by atoms with Gasteiger partial charge in [0.25, 0.3) is 5.91 Å². The first-order valence-electron chi connectivity index (χ1n) is 8.40. The van der Waals surface area contributed by atoms with E-state index in [1.807, 2.05) is 13.8 Å². The molecule has 1 aromatic heterocycles. The number of primary amides is 1. The Balaban J connectivity index is 2.24. The molecule has 0 aliphatic rings. The number of aliphatic hydroxyl groups excluding tert-OH is 1. The lowest BCUT2D eigenvalue weighted by Crippen LogP contribution is -2.31. The SMILES string of the molecule is CC(C)C(CO)Nc1nc(Nc2ccc(OS(C)(=O)=O)cc2)ncc1C(N)=O. The van der Waals surface area contributed by atoms with Crippen molar-refractivity contribution in [2.45, 2.75) is 19.9 Å². The number of rotatable bonds is 9. The van der Waals surface area contributed by atoms with Gasteiger partial charge < -0.3 is 25.7 Å². The van der Waals surface area contributed by atoms with Crippen molar-refractivity contribution < 1.29 is 22.5 Å². The van der Waals surface area contributed by atoms with Gasteiger partial charge in [-0.25, -0.2) is 4.98 Å². The van der Waals surface area contributed by atoms with Crippen LogP contribution >= 0.6 is 0 Å². The summed E-state index contributed by atoms with van der Waals surface area (Å²) < 4.78 is 27.1. The summed E-state index contributed by atoms with van der Waals surface area (Å²) in [5, 5.41) is 15.5. The minimum absolute atomic E-state index is 0.0829. The number of amides is 1. The minimum Gasteiger partial charge on any atom is -0.394 e. The normalized spacial score (nSPS) is 12.5. The molecule has 2 rings (SSSR count). The van der Waals surface area contributed by atoms with E-state index in [0.717, 1.165) is 6.26 Å². The lowest BCUT2D eigenvalue weighted by atomic mass is 10.1. The number of carbonyl (C=O) groups is 1. The molecule has 5 N–H and O–H groups in total. The highest BCUT2D eigenvalue weighted by molar-refractivity contribution is 7.86. The number of nitrogens with zero attached hydrogens (tertiary/aromatic N) is 2. The van der Waals surface area contributed by atoms with Crippen molar-refractivity contribution in [1.82, 2.24) is 9.97 Å². The van der Waals surface area contributed by atoms with Crippen LogP contribution in [0.5, 0.6) is 5.75 Å². The molecule has 1 aromatic carbocycles. The van der Waals surface area contributed by atoms with Gasteiger partial charge in [-0.1, -0.05) is 13.8 Å². The van der Waals surface area contributed by atoms with Crippen molar-refractivity contribution in [3.63, 3.8) is 0 Å². The Morgan fingerprint density at radius 2 is 1.93 bits per heavy atom.